The summed E-state index contributed by atoms with van der Waals surface area (Å²) >= 11 is 0. The Morgan fingerprint density at radius 3 is 2.04 bits per heavy atom. The van der Waals surface area contributed by atoms with Gasteiger partial charge >= 0.3 is 5.91 Å². The number of aromatic hydroxyl groups is 1. The first-order chi connectivity index (χ1) is 33.6. The summed E-state index contributed by atoms with van der Waals surface area (Å²) in [4.78, 5) is 99.9. The van der Waals surface area contributed by atoms with Gasteiger partial charge in [0, 0.05) is 37.2 Å². The van der Waals surface area contributed by atoms with E-state index in [2.05, 4.69) is 47.6 Å². The molecule has 26 heteroatoms. The molecule has 0 aromatic heterocycles. The van der Waals surface area contributed by atoms with Crippen LogP contribution in [0.5, 0.6) is 5.75 Å². The molecule has 8 atom stereocenters. The van der Waals surface area contributed by atoms with Crippen LogP contribution >= 0.6 is 21.6 Å². The molecule has 0 spiro atoms. The van der Waals surface area contributed by atoms with Crippen LogP contribution in [-0.4, -0.2) is 137 Å². The van der Waals surface area contributed by atoms with Crippen LogP contribution in [0.3, 0.4) is 0 Å². The number of quaternary nitrogens is 1. The van der Waals surface area contributed by atoms with Crippen LogP contribution in [0, 0.1) is 0 Å². The molecule has 2 fully saturated rings. The monoisotopic (exact) mass is 1030 g/mol. The number of hydrogen-bond donors (Lipinski definition) is 14. The lowest BCUT2D eigenvalue weighted by atomic mass is 10.0. The molecule has 0 radical (unpaired) electrons. The van der Waals surface area contributed by atoms with Crippen LogP contribution in [-0.2, 0) is 51.1 Å². The second kappa shape index (κ2) is 27.4. The fourth-order valence-electron chi connectivity index (χ4n) is 7.21. The minimum absolute atomic E-state index is 0.0318. The molecule has 1 saturated carbocycles. The molecule has 1 aliphatic heterocycles. The fourth-order valence-corrected chi connectivity index (χ4v) is 10.4. The summed E-state index contributed by atoms with van der Waals surface area (Å²) in [7, 11) is 2.87. The van der Waals surface area contributed by atoms with E-state index in [0.717, 1.165) is 5.56 Å². The Morgan fingerprint density at radius 2 is 1.44 bits per heavy atom. The molecule has 390 valence electrons. The predicted octanol–water partition coefficient (Wildman–Crippen LogP) is -3.68. The SMILES string of the molecule is CC(C)(CNC1OC1C[C@@H](NC(=O)CCc1ccccc1)C(=O)N[C@@H](CCCN=C(N)N)C(=O)N[C@@H](CCCN=C(N)N)C(N)=O)SSC1CC1(NC(=O)[C@@H](N)Cc1ccc(O)cc1)C(=O)NCC([NH3+])=O. The zero-order chi connectivity index (χ0) is 52.3. The molecule has 4 unspecified atom stereocenters. The second-order valence-electron chi connectivity index (χ2n) is 18.0. The van der Waals surface area contributed by atoms with Gasteiger partial charge in [0.05, 0.1) is 11.3 Å². The number of amides is 7. The van der Waals surface area contributed by atoms with E-state index in [4.69, 9.17) is 39.1 Å². The van der Waals surface area contributed by atoms with Gasteiger partial charge < -0.3 is 70.8 Å². The summed E-state index contributed by atoms with van der Waals surface area (Å²) in [5.74, 6) is -4.38. The molecule has 71 heavy (non-hydrogen) atoms. The van der Waals surface area contributed by atoms with Crippen LogP contribution < -0.4 is 72.0 Å². The van der Waals surface area contributed by atoms with Gasteiger partial charge in [-0.2, -0.15) is 0 Å². The number of phenolic OH excluding ortho intramolecular Hbond substituents is 1. The smallest absolute Gasteiger partial charge is 0.328 e. The first-order valence-electron chi connectivity index (χ1n) is 23.1. The van der Waals surface area contributed by atoms with Crippen molar-refractivity contribution in [2.75, 3.05) is 26.2 Å². The Hall–Kier alpha value is -6.19. The van der Waals surface area contributed by atoms with Gasteiger partial charge in [-0.3, -0.25) is 49.8 Å². The van der Waals surface area contributed by atoms with Crippen LogP contribution in [0.2, 0.25) is 0 Å². The quantitative estimate of drug-likeness (QED) is 0.0110. The van der Waals surface area contributed by atoms with Crippen molar-refractivity contribution in [1.82, 2.24) is 31.9 Å². The molecule has 4 rings (SSSR count). The largest absolute Gasteiger partial charge is 0.508 e. The second-order valence-corrected chi connectivity index (χ2v) is 21.1. The maximum absolute atomic E-state index is 14.1. The number of guanidine groups is 2. The number of rotatable bonds is 32. The van der Waals surface area contributed by atoms with Gasteiger partial charge in [-0.1, -0.05) is 64.1 Å². The van der Waals surface area contributed by atoms with Crippen molar-refractivity contribution in [1.29, 1.82) is 0 Å². The van der Waals surface area contributed by atoms with Gasteiger partial charge in [-0.15, -0.1) is 0 Å². The van der Waals surface area contributed by atoms with Crippen molar-refractivity contribution in [2.45, 2.75) is 124 Å². The highest BCUT2D eigenvalue weighted by Gasteiger charge is 2.62. The Labute approximate surface area is 420 Å². The third-order valence-electron chi connectivity index (χ3n) is 11.3. The lowest BCUT2D eigenvalue weighted by molar-refractivity contribution is -0.304. The van der Waals surface area contributed by atoms with Gasteiger partial charge in [0.1, 0.15) is 48.3 Å². The predicted molar refractivity (Wildman–Crippen MR) is 270 cm³/mol. The van der Waals surface area contributed by atoms with E-state index in [1.807, 2.05) is 44.2 Å². The summed E-state index contributed by atoms with van der Waals surface area (Å²) in [6, 6.07) is 11.2. The first kappa shape index (κ1) is 57.4. The maximum Gasteiger partial charge on any atom is 0.328 e. The van der Waals surface area contributed by atoms with Crippen LogP contribution in [0.1, 0.15) is 69.9 Å². The molecule has 2 aromatic carbocycles. The zero-order valence-electron chi connectivity index (χ0n) is 40.0. The number of aryl methyl sites for hydroxylation is 1. The van der Waals surface area contributed by atoms with Crippen LogP contribution in [0.25, 0.3) is 0 Å². The molecular weight excluding hydrogens is 959 g/mol. The van der Waals surface area contributed by atoms with Gasteiger partial charge in [-0.25, -0.2) is 4.79 Å². The molecule has 1 heterocycles. The van der Waals surface area contributed by atoms with Crippen molar-refractivity contribution in [2.24, 2.45) is 44.4 Å². The van der Waals surface area contributed by atoms with Crippen molar-refractivity contribution in [3.8, 4) is 5.75 Å². The van der Waals surface area contributed by atoms with E-state index in [1.165, 1.54) is 33.7 Å². The minimum atomic E-state index is -1.32. The van der Waals surface area contributed by atoms with Gasteiger partial charge in [-0.05, 0) is 82.1 Å². The van der Waals surface area contributed by atoms with Gasteiger partial charge in [0.25, 0.3) is 0 Å². The molecule has 1 saturated heterocycles. The summed E-state index contributed by atoms with van der Waals surface area (Å²) in [5.41, 5.74) is 37.3. The lowest BCUT2D eigenvalue weighted by Crippen LogP contribution is -2.63. The Balaban J connectivity index is 1.40. The van der Waals surface area contributed by atoms with Crippen LogP contribution in [0.4, 0.5) is 0 Å². The first-order valence-corrected chi connectivity index (χ1v) is 25.3. The number of carbonyl (C=O) groups excluding carboxylic acids is 7. The molecular formula is C45H70N15O9S2+. The van der Waals surface area contributed by atoms with Gasteiger partial charge in [0.2, 0.25) is 35.4 Å². The number of carbonyl (C=O) groups is 7. The van der Waals surface area contributed by atoms with Crippen molar-refractivity contribution in [3.05, 3.63) is 65.7 Å². The molecule has 0 bridgehead atoms. The molecule has 2 aliphatic rings. The average Bonchev–Trinajstić information content (AvgIpc) is 4.24. The summed E-state index contributed by atoms with van der Waals surface area (Å²) in [6.07, 6.45) is 0.666. The fraction of sp³-hybridized carbons (Fsp3) is 0.533. The number of phenols is 1. The topological polar surface area (TPSA) is 433 Å². The highest BCUT2D eigenvalue weighted by atomic mass is 33.1. The Morgan fingerprint density at radius 1 is 0.831 bits per heavy atom. The highest BCUT2D eigenvalue weighted by molar-refractivity contribution is 8.77. The van der Waals surface area contributed by atoms with E-state index < -0.39 is 88.1 Å². The molecule has 24 nitrogen and oxygen atoms in total. The van der Waals surface area contributed by atoms with Gasteiger partial charge in [0.15, 0.2) is 11.9 Å². The average molecular weight is 1030 g/mol. The van der Waals surface area contributed by atoms with Crippen molar-refractivity contribution < 1.29 is 49.1 Å². The van der Waals surface area contributed by atoms with E-state index in [-0.39, 0.29) is 87.5 Å². The van der Waals surface area contributed by atoms with Crippen molar-refractivity contribution in [3.63, 3.8) is 0 Å². The maximum atomic E-state index is 14.1. The molecule has 22 N–H and O–H groups in total. The lowest BCUT2D eigenvalue weighted by Gasteiger charge is -2.25. The summed E-state index contributed by atoms with van der Waals surface area (Å²) in [6.45, 7) is 4.35. The summed E-state index contributed by atoms with van der Waals surface area (Å²) < 4.78 is 5.47. The Bertz CT molecular complexity index is 2220. The third kappa shape index (κ3) is 20.2. The zero-order valence-corrected chi connectivity index (χ0v) is 41.7. The highest BCUT2D eigenvalue weighted by Crippen LogP contribution is 2.53. The number of nitrogens with two attached hydrogens (primary N) is 6. The number of nitrogens with zero attached hydrogens (tertiary/aromatic N) is 2. The number of epoxide rings is 1. The summed E-state index contributed by atoms with van der Waals surface area (Å²) in [5, 5.41) is 26.2. The normalized spacial score (nSPS) is 19.6. The van der Waals surface area contributed by atoms with Crippen LogP contribution in [0.15, 0.2) is 64.6 Å². The van der Waals surface area contributed by atoms with E-state index in [1.54, 1.807) is 12.1 Å². The molecule has 1 aliphatic carbocycles. The third-order valence-corrected chi connectivity index (χ3v) is 15.1. The number of aliphatic imine (C=N–C) groups is 2. The standard InChI is InChI=1S/C45H69N15O9S2/c1-44(2,71-70-33-22-45(33,41(68)55-23-34(47)62)60-37(65)28(46)20-26-12-15-27(61)16-13-26)24-56-40-32(69-40)21-31(57-35(63)17-14-25-8-4-3-5-9-25)39(67)59-30(11-7-19-54-43(51)52)38(66)58-29(36(48)64)10-6-18-53-42(49)50/h3-5,8-9,12-13,15-16,28-33,40,56,61H,6-7,10-11,14,17-24,46H2,1-2H3,(H2,47,62)(H2,48,64)(H,55,68)(H,57,63)(H,58,66)(H,59,67)(H,60,65)(H4,49,50,53)(H4,51,52,54)/p+1/t28-,29-,30-,31+,32?,33?,40?,45?/m0/s1. The number of primary amides is 1. The van der Waals surface area contributed by atoms with E-state index >= 15 is 0 Å². The minimum Gasteiger partial charge on any atom is -0.508 e. The molecule has 7 amide bonds. The Kier molecular flexibility index (Phi) is 22.2. The number of benzene rings is 2. The molecule has 2 aromatic rings. The number of nitrogens with one attached hydrogen (secondary N) is 6. The van der Waals surface area contributed by atoms with E-state index in [0.29, 0.717) is 24.9 Å². The van der Waals surface area contributed by atoms with E-state index in [9.17, 15) is 38.7 Å². The number of ether oxygens (including phenoxy) is 1. The number of hydrogen-bond acceptors (Lipinski definition) is 15. The van der Waals surface area contributed by atoms with Crippen molar-refractivity contribution >= 4 is 74.9 Å².